The van der Waals surface area contributed by atoms with Crippen molar-refractivity contribution < 1.29 is 28.2 Å². The van der Waals surface area contributed by atoms with Crippen molar-refractivity contribution in [3.63, 3.8) is 0 Å². The van der Waals surface area contributed by atoms with E-state index in [1.54, 1.807) is 25.1 Å². The molecule has 1 aliphatic rings. The van der Waals surface area contributed by atoms with Crippen LogP contribution in [-0.2, 0) is 14.4 Å². The summed E-state index contributed by atoms with van der Waals surface area (Å²) in [5, 5.41) is 9.61. The molecule has 0 saturated carbocycles. The first-order chi connectivity index (χ1) is 22.2. The standard InChI is InChI=1S/C33H42ClFN6O5/c1-21(42)9-5-4-6-10-26(40-33(44)28-11-7-8-15-41(28)2)32(43)36-14-16-46-30-18-23-27(19-29(30)45-3)37-20-38-31(23)39-22-12-13-25(35)24(34)17-22/h12-13,17-20,26,28H,4-11,14-16H2,1-3H3,(H,36,43)(H,40,44)(H,37,38,39)/t26-,28?/m0/s1. The molecule has 0 aliphatic carbocycles. The van der Waals surface area contributed by atoms with Crippen LogP contribution in [0.2, 0.25) is 5.02 Å². The molecule has 1 aromatic heterocycles. The van der Waals surface area contributed by atoms with Crippen LogP contribution < -0.4 is 25.4 Å². The molecular formula is C33H42ClFN6O5. The van der Waals surface area contributed by atoms with Crippen LogP contribution in [0.4, 0.5) is 15.9 Å². The molecule has 248 valence electrons. The minimum absolute atomic E-state index is 0.0211. The summed E-state index contributed by atoms with van der Waals surface area (Å²) in [6.45, 7) is 2.73. The first-order valence-corrected chi connectivity index (χ1v) is 16.0. The summed E-state index contributed by atoms with van der Waals surface area (Å²) >= 11 is 5.94. The average Bonchev–Trinajstić information content (AvgIpc) is 3.03. The van der Waals surface area contributed by atoms with Crippen molar-refractivity contribution in [3.8, 4) is 11.5 Å². The Morgan fingerprint density at radius 1 is 1.11 bits per heavy atom. The molecule has 3 aromatic rings. The number of unbranched alkanes of at least 4 members (excludes halogenated alkanes) is 2. The molecule has 0 spiro atoms. The number of fused-ring (bicyclic) bond motifs is 1. The highest BCUT2D eigenvalue weighted by molar-refractivity contribution is 6.31. The lowest BCUT2D eigenvalue weighted by Crippen LogP contribution is -2.54. The summed E-state index contributed by atoms with van der Waals surface area (Å²) in [5.74, 6) is 0.504. The van der Waals surface area contributed by atoms with Gasteiger partial charge in [-0.05, 0) is 70.5 Å². The van der Waals surface area contributed by atoms with E-state index in [1.807, 2.05) is 11.9 Å². The summed E-state index contributed by atoms with van der Waals surface area (Å²) in [6.07, 6.45) is 7.43. The zero-order valence-electron chi connectivity index (χ0n) is 26.5. The van der Waals surface area contributed by atoms with E-state index in [2.05, 4.69) is 25.9 Å². The molecule has 1 aliphatic heterocycles. The lowest BCUT2D eigenvalue weighted by molar-refractivity contribution is -0.132. The fourth-order valence-corrected chi connectivity index (χ4v) is 5.63. The van der Waals surface area contributed by atoms with E-state index in [9.17, 15) is 18.8 Å². The second-order valence-electron chi connectivity index (χ2n) is 11.5. The highest BCUT2D eigenvalue weighted by Crippen LogP contribution is 2.35. The predicted molar refractivity (Wildman–Crippen MR) is 175 cm³/mol. The lowest BCUT2D eigenvalue weighted by Gasteiger charge is -2.32. The summed E-state index contributed by atoms with van der Waals surface area (Å²) < 4.78 is 25.2. The zero-order chi connectivity index (χ0) is 33.1. The number of benzene rings is 2. The number of nitrogens with zero attached hydrogens (tertiary/aromatic N) is 3. The number of aromatic nitrogens is 2. The van der Waals surface area contributed by atoms with E-state index >= 15 is 0 Å². The second-order valence-corrected chi connectivity index (χ2v) is 11.9. The average molecular weight is 657 g/mol. The minimum atomic E-state index is -0.693. The molecule has 13 heteroatoms. The summed E-state index contributed by atoms with van der Waals surface area (Å²) in [6, 6.07) is 6.77. The summed E-state index contributed by atoms with van der Waals surface area (Å²) in [7, 11) is 3.45. The fraction of sp³-hybridized carbons (Fsp3) is 0.485. The van der Waals surface area contributed by atoms with Crippen molar-refractivity contribution >= 4 is 51.6 Å². The van der Waals surface area contributed by atoms with Crippen molar-refractivity contribution in [1.29, 1.82) is 0 Å². The maximum Gasteiger partial charge on any atom is 0.242 e. The van der Waals surface area contributed by atoms with Gasteiger partial charge in [-0.1, -0.05) is 30.9 Å². The monoisotopic (exact) mass is 656 g/mol. The van der Waals surface area contributed by atoms with Crippen LogP contribution in [0.3, 0.4) is 0 Å². The molecule has 0 bridgehead atoms. The van der Waals surface area contributed by atoms with Crippen LogP contribution in [-0.4, -0.2) is 78.4 Å². The molecular weight excluding hydrogens is 615 g/mol. The summed E-state index contributed by atoms with van der Waals surface area (Å²) in [5.41, 5.74) is 1.14. The number of hydrogen-bond acceptors (Lipinski definition) is 9. The van der Waals surface area contributed by atoms with Crippen molar-refractivity contribution in [2.24, 2.45) is 0 Å². The number of halogens is 2. The maximum atomic E-state index is 13.7. The van der Waals surface area contributed by atoms with E-state index in [1.165, 1.54) is 25.6 Å². The number of anilines is 2. The van der Waals surface area contributed by atoms with E-state index in [0.29, 0.717) is 53.2 Å². The van der Waals surface area contributed by atoms with Crippen LogP contribution in [0.25, 0.3) is 10.9 Å². The van der Waals surface area contributed by atoms with Crippen molar-refractivity contribution in [2.75, 3.05) is 39.2 Å². The SMILES string of the molecule is COc1cc2ncnc(Nc3ccc(F)c(Cl)c3)c2cc1OCCNC(=O)[C@H](CCCCCC(C)=O)NC(=O)C1CCCCN1C. The molecule has 3 N–H and O–H groups in total. The fourth-order valence-electron chi connectivity index (χ4n) is 5.45. The third-order valence-corrected chi connectivity index (χ3v) is 8.28. The van der Waals surface area contributed by atoms with E-state index < -0.39 is 11.9 Å². The largest absolute Gasteiger partial charge is 0.493 e. The van der Waals surface area contributed by atoms with Crippen LogP contribution in [0.15, 0.2) is 36.7 Å². The Bertz CT molecular complexity index is 1530. The number of likely N-dealkylation sites (N-methyl/N-ethyl adjacent to an activating group) is 1. The van der Waals surface area contributed by atoms with Crippen LogP contribution >= 0.6 is 11.6 Å². The van der Waals surface area contributed by atoms with Crippen molar-refractivity contribution in [3.05, 3.63) is 47.5 Å². The Labute approximate surface area is 273 Å². The van der Waals surface area contributed by atoms with Gasteiger partial charge in [0.15, 0.2) is 11.5 Å². The first kappa shape index (κ1) is 34.8. The third-order valence-electron chi connectivity index (χ3n) is 7.99. The number of amides is 2. The Morgan fingerprint density at radius 3 is 2.67 bits per heavy atom. The normalized spacial score (nSPS) is 15.6. The molecule has 0 radical (unpaired) electrons. The Hall–Kier alpha value is -4.03. The highest BCUT2D eigenvalue weighted by Gasteiger charge is 2.29. The molecule has 2 heterocycles. The van der Waals surface area contributed by atoms with Gasteiger partial charge in [0.2, 0.25) is 11.8 Å². The van der Waals surface area contributed by atoms with E-state index in [0.717, 1.165) is 38.6 Å². The number of ketones is 1. The van der Waals surface area contributed by atoms with Gasteiger partial charge in [-0.15, -0.1) is 0 Å². The Kier molecular flexibility index (Phi) is 12.9. The summed E-state index contributed by atoms with van der Waals surface area (Å²) in [4.78, 5) is 48.4. The van der Waals surface area contributed by atoms with Crippen molar-refractivity contribution in [2.45, 2.75) is 70.4 Å². The molecule has 2 aromatic carbocycles. The second kappa shape index (κ2) is 17.0. The Balaban J connectivity index is 1.39. The van der Waals surface area contributed by atoms with Gasteiger partial charge < -0.3 is 30.2 Å². The van der Waals surface area contributed by atoms with Gasteiger partial charge in [-0.3, -0.25) is 14.5 Å². The molecule has 1 saturated heterocycles. The van der Waals surface area contributed by atoms with Gasteiger partial charge in [-0.2, -0.15) is 0 Å². The maximum absolute atomic E-state index is 13.7. The predicted octanol–water partition coefficient (Wildman–Crippen LogP) is 5.18. The molecule has 4 rings (SSSR count). The van der Waals surface area contributed by atoms with Crippen LogP contribution in [0.5, 0.6) is 11.5 Å². The number of piperidine rings is 1. The topological polar surface area (TPSA) is 135 Å². The molecule has 11 nitrogen and oxygen atoms in total. The molecule has 2 atom stereocenters. The smallest absolute Gasteiger partial charge is 0.242 e. The van der Waals surface area contributed by atoms with Gasteiger partial charge in [0.05, 0.1) is 30.2 Å². The number of hydrogen-bond donors (Lipinski definition) is 3. The lowest BCUT2D eigenvalue weighted by atomic mass is 10.0. The Morgan fingerprint density at radius 2 is 1.93 bits per heavy atom. The number of nitrogens with one attached hydrogen (secondary N) is 3. The molecule has 2 amide bonds. The zero-order valence-corrected chi connectivity index (χ0v) is 27.3. The van der Waals surface area contributed by atoms with Crippen molar-refractivity contribution in [1.82, 2.24) is 25.5 Å². The van der Waals surface area contributed by atoms with Gasteiger partial charge >= 0.3 is 0 Å². The number of methoxy groups -OCH3 is 1. The van der Waals surface area contributed by atoms with E-state index in [-0.39, 0.29) is 41.8 Å². The molecule has 1 fully saturated rings. The molecule has 1 unspecified atom stereocenters. The van der Waals surface area contributed by atoms with Crippen LogP contribution in [0.1, 0.15) is 58.3 Å². The third kappa shape index (κ3) is 9.73. The van der Waals surface area contributed by atoms with Gasteiger partial charge in [-0.25, -0.2) is 14.4 Å². The number of Topliss-reactive ketones (excluding diaryl/α,β-unsaturated/α-hetero) is 1. The van der Waals surface area contributed by atoms with Gasteiger partial charge in [0.1, 0.15) is 36.4 Å². The number of carbonyl (C=O) groups is 3. The van der Waals surface area contributed by atoms with E-state index in [4.69, 9.17) is 21.1 Å². The van der Waals surface area contributed by atoms with Gasteiger partial charge in [0, 0.05) is 23.6 Å². The minimum Gasteiger partial charge on any atom is -0.493 e. The number of carbonyl (C=O) groups excluding carboxylic acids is 3. The van der Waals surface area contributed by atoms with Gasteiger partial charge in [0.25, 0.3) is 0 Å². The number of rotatable bonds is 16. The number of ether oxygens (including phenoxy) is 2. The van der Waals surface area contributed by atoms with Crippen LogP contribution in [0, 0.1) is 5.82 Å². The highest BCUT2D eigenvalue weighted by atomic mass is 35.5. The number of likely N-dealkylation sites (tertiary alicyclic amines) is 1. The quantitative estimate of drug-likeness (QED) is 0.178. The first-order valence-electron chi connectivity index (χ1n) is 15.6. The molecule has 46 heavy (non-hydrogen) atoms.